The minimum absolute atomic E-state index is 0.0554. The number of carbonyl (C=O) groups is 4. The van der Waals surface area contributed by atoms with E-state index < -0.39 is 46.3 Å². The summed E-state index contributed by atoms with van der Waals surface area (Å²) < 4.78 is 3.29. The number of amides is 3. The lowest BCUT2D eigenvalue weighted by molar-refractivity contribution is -0.152. The molecule has 1 aliphatic heterocycles. The fourth-order valence-corrected chi connectivity index (χ4v) is 5.48. The number of hydrogen-bond acceptors (Lipinski definition) is 7. The highest BCUT2D eigenvalue weighted by Crippen LogP contribution is 2.27. The number of aromatic nitrogens is 1. The van der Waals surface area contributed by atoms with E-state index in [1.807, 2.05) is 50.4 Å². The van der Waals surface area contributed by atoms with Crippen molar-refractivity contribution in [2.45, 2.75) is 75.3 Å². The Kier molecular flexibility index (Phi) is 12.5. The molecule has 1 saturated heterocycles. The molecule has 3 N–H and O–H groups in total. The van der Waals surface area contributed by atoms with Gasteiger partial charge in [-0.3, -0.25) is 29.2 Å². The standard InChI is InChI=1S/C34H40Cl3N5O5/c1-5-22-11-12-25-18-38-28(17-26(25)14-22)24-9-6-8-23(15-24)16-29(43)40-30(20(2)3)31(44)39-21(4)32(45)42-13-7-10-27(41-42)33(46)47-19-34(35,36)37/h6,8-9,11-12,14-15,17-18,20-21,27,30,41H,5,7,10,13,16,19H2,1-4H3,(H,39,44)(H,40,43). The van der Waals surface area contributed by atoms with E-state index in [9.17, 15) is 19.2 Å². The molecule has 1 aromatic heterocycles. The normalized spacial score (nSPS) is 16.4. The molecule has 10 nitrogen and oxygen atoms in total. The van der Waals surface area contributed by atoms with Gasteiger partial charge in [-0.1, -0.05) is 92.0 Å². The number of hydrazine groups is 1. The van der Waals surface area contributed by atoms with E-state index in [-0.39, 0.29) is 18.2 Å². The van der Waals surface area contributed by atoms with Crippen LogP contribution in [0.1, 0.15) is 51.7 Å². The number of aryl methyl sites for hydroxylation is 1. The molecule has 0 radical (unpaired) electrons. The molecule has 2 aromatic carbocycles. The maximum absolute atomic E-state index is 13.3. The molecule has 4 rings (SSSR count). The van der Waals surface area contributed by atoms with Crippen LogP contribution < -0.4 is 16.1 Å². The Hall–Kier alpha value is -3.44. The van der Waals surface area contributed by atoms with Gasteiger partial charge in [-0.2, -0.15) is 0 Å². The molecule has 3 aromatic rings. The van der Waals surface area contributed by atoms with E-state index in [1.165, 1.54) is 10.6 Å². The van der Waals surface area contributed by atoms with Crippen molar-refractivity contribution in [2.75, 3.05) is 13.2 Å². The number of fused-ring (bicyclic) bond motifs is 1. The third kappa shape index (κ3) is 10.3. The molecule has 252 valence electrons. The summed E-state index contributed by atoms with van der Waals surface area (Å²) in [6.07, 6.45) is 3.80. The van der Waals surface area contributed by atoms with Crippen molar-refractivity contribution in [3.63, 3.8) is 0 Å². The Balaban J connectivity index is 1.35. The van der Waals surface area contributed by atoms with Crippen LogP contribution in [-0.2, 0) is 36.8 Å². The van der Waals surface area contributed by atoms with Crippen LogP contribution in [0.5, 0.6) is 0 Å². The van der Waals surface area contributed by atoms with Gasteiger partial charge in [-0.05, 0) is 60.7 Å². The van der Waals surface area contributed by atoms with Crippen molar-refractivity contribution >= 4 is 69.3 Å². The second kappa shape index (κ2) is 16.1. The van der Waals surface area contributed by atoms with Gasteiger partial charge in [0, 0.05) is 23.7 Å². The Morgan fingerprint density at radius 3 is 2.49 bits per heavy atom. The van der Waals surface area contributed by atoms with Gasteiger partial charge in [0.05, 0.1) is 12.1 Å². The third-order valence-electron chi connectivity index (χ3n) is 7.89. The number of ether oxygens (including phenoxy) is 1. The Morgan fingerprint density at radius 1 is 1.02 bits per heavy atom. The lowest BCUT2D eigenvalue weighted by atomic mass is 10.0. The highest BCUT2D eigenvalue weighted by Gasteiger charge is 2.34. The van der Waals surface area contributed by atoms with E-state index in [0.717, 1.165) is 34.0 Å². The summed E-state index contributed by atoms with van der Waals surface area (Å²) in [4.78, 5) is 56.6. The van der Waals surface area contributed by atoms with Gasteiger partial charge in [-0.25, -0.2) is 5.43 Å². The van der Waals surface area contributed by atoms with Gasteiger partial charge in [-0.15, -0.1) is 0 Å². The van der Waals surface area contributed by atoms with Crippen LogP contribution >= 0.6 is 34.8 Å². The van der Waals surface area contributed by atoms with Gasteiger partial charge >= 0.3 is 5.97 Å². The van der Waals surface area contributed by atoms with E-state index in [0.29, 0.717) is 19.4 Å². The number of halogens is 3. The fourth-order valence-electron chi connectivity index (χ4n) is 5.32. The first kappa shape index (κ1) is 36.4. The maximum atomic E-state index is 13.3. The number of esters is 1. The molecule has 3 atom stereocenters. The minimum atomic E-state index is -1.75. The van der Waals surface area contributed by atoms with Gasteiger partial charge in [0.1, 0.15) is 24.7 Å². The molecule has 13 heteroatoms. The van der Waals surface area contributed by atoms with Gasteiger partial charge in [0.15, 0.2) is 0 Å². The zero-order valence-electron chi connectivity index (χ0n) is 26.8. The molecule has 1 aliphatic rings. The molecule has 47 heavy (non-hydrogen) atoms. The lowest BCUT2D eigenvalue weighted by Crippen LogP contribution is -2.61. The number of carbonyl (C=O) groups excluding carboxylic acids is 4. The number of hydrogen-bond donors (Lipinski definition) is 3. The highest BCUT2D eigenvalue weighted by molar-refractivity contribution is 6.67. The molecule has 3 amide bonds. The van der Waals surface area contributed by atoms with Crippen molar-refractivity contribution < 1.29 is 23.9 Å². The summed E-state index contributed by atoms with van der Waals surface area (Å²) in [6, 6.07) is 13.4. The van der Waals surface area contributed by atoms with E-state index in [2.05, 4.69) is 46.2 Å². The first-order valence-corrected chi connectivity index (χ1v) is 16.8. The molecule has 0 saturated carbocycles. The molecule has 0 spiro atoms. The number of nitrogens with one attached hydrogen (secondary N) is 3. The maximum Gasteiger partial charge on any atom is 0.325 e. The molecule has 2 heterocycles. The lowest BCUT2D eigenvalue weighted by Gasteiger charge is -2.34. The predicted octanol–water partition coefficient (Wildman–Crippen LogP) is 5.06. The van der Waals surface area contributed by atoms with Crippen molar-refractivity contribution in [1.29, 1.82) is 0 Å². The van der Waals surface area contributed by atoms with Crippen molar-refractivity contribution in [3.05, 3.63) is 65.9 Å². The number of benzene rings is 2. The van der Waals surface area contributed by atoms with Crippen molar-refractivity contribution in [2.24, 2.45) is 5.92 Å². The van der Waals surface area contributed by atoms with Gasteiger partial charge in [0.2, 0.25) is 15.6 Å². The number of pyridine rings is 1. The largest absolute Gasteiger partial charge is 0.460 e. The molecule has 3 unspecified atom stereocenters. The smallest absolute Gasteiger partial charge is 0.325 e. The molecular weight excluding hydrogens is 665 g/mol. The quantitative estimate of drug-likeness (QED) is 0.188. The van der Waals surface area contributed by atoms with Gasteiger partial charge < -0.3 is 15.4 Å². The Labute approximate surface area is 289 Å². The summed E-state index contributed by atoms with van der Waals surface area (Å²) in [5, 5.41) is 8.98. The Morgan fingerprint density at radius 2 is 1.79 bits per heavy atom. The SMILES string of the molecule is CCc1ccc2cnc(-c3cccc(CC(=O)NC(C(=O)NC(C)C(=O)N4CCCC(C(=O)OCC(Cl)(Cl)Cl)N4)C(C)C)c3)cc2c1. The molecule has 0 aliphatic carbocycles. The molecule has 0 bridgehead atoms. The number of nitrogens with zero attached hydrogens (tertiary/aromatic N) is 2. The van der Waals surface area contributed by atoms with Crippen molar-refractivity contribution in [1.82, 2.24) is 26.1 Å². The monoisotopic (exact) mass is 703 g/mol. The number of alkyl halides is 3. The van der Waals surface area contributed by atoms with Crippen LogP contribution in [0, 0.1) is 5.92 Å². The van der Waals surface area contributed by atoms with Crippen LogP contribution in [0.2, 0.25) is 0 Å². The van der Waals surface area contributed by atoms with Crippen LogP contribution in [0.25, 0.3) is 22.0 Å². The molecule has 1 fully saturated rings. The summed E-state index contributed by atoms with van der Waals surface area (Å²) in [6.45, 7) is 7.18. The third-order valence-corrected chi connectivity index (χ3v) is 8.22. The minimum Gasteiger partial charge on any atom is -0.460 e. The fraction of sp³-hybridized carbons (Fsp3) is 0.441. The Bertz CT molecular complexity index is 1610. The van der Waals surface area contributed by atoms with Crippen LogP contribution in [-0.4, -0.2) is 68.8 Å². The summed E-state index contributed by atoms with van der Waals surface area (Å²) >= 11 is 17.0. The highest BCUT2D eigenvalue weighted by atomic mass is 35.6. The molecular formula is C34H40Cl3N5O5. The van der Waals surface area contributed by atoms with E-state index in [4.69, 9.17) is 39.5 Å². The first-order valence-electron chi connectivity index (χ1n) is 15.6. The van der Waals surface area contributed by atoms with Crippen molar-refractivity contribution in [3.8, 4) is 11.3 Å². The summed E-state index contributed by atoms with van der Waals surface area (Å²) in [5.41, 5.74) is 6.55. The average Bonchev–Trinajstić information content (AvgIpc) is 3.04. The zero-order valence-corrected chi connectivity index (χ0v) is 29.1. The second-order valence-corrected chi connectivity index (χ2v) is 14.6. The average molecular weight is 705 g/mol. The van der Waals surface area contributed by atoms with E-state index in [1.54, 1.807) is 6.92 Å². The zero-order chi connectivity index (χ0) is 34.3. The summed E-state index contributed by atoms with van der Waals surface area (Å²) in [7, 11) is 0. The van der Waals surface area contributed by atoms with Crippen LogP contribution in [0.15, 0.2) is 54.7 Å². The van der Waals surface area contributed by atoms with Crippen LogP contribution in [0.4, 0.5) is 0 Å². The van der Waals surface area contributed by atoms with Gasteiger partial charge in [0.25, 0.3) is 5.91 Å². The van der Waals surface area contributed by atoms with Crippen LogP contribution in [0.3, 0.4) is 0 Å². The second-order valence-electron chi connectivity index (χ2n) is 12.0. The number of rotatable bonds is 11. The topological polar surface area (TPSA) is 130 Å². The summed E-state index contributed by atoms with van der Waals surface area (Å²) in [5.74, 6) is -2.19. The van der Waals surface area contributed by atoms with E-state index >= 15 is 0 Å². The predicted molar refractivity (Wildman–Crippen MR) is 184 cm³/mol. The first-order chi connectivity index (χ1) is 22.2.